The van der Waals surface area contributed by atoms with Gasteiger partial charge in [-0.05, 0) is 19.4 Å². The normalized spacial score (nSPS) is 10.2. The van der Waals surface area contributed by atoms with Crippen LogP contribution in [0, 0.1) is 5.82 Å². The molecule has 0 amide bonds. The Morgan fingerprint density at radius 2 is 2.12 bits per heavy atom. The number of hydrogen-bond acceptors (Lipinski definition) is 3. The molecule has 0 radical (unpaired) electrons. The Morgan fingerprint density at radius 3 is 2.82 bits per heavy atom. The highest BCUT2D eigenvalue weighted by Crippen LogP contribution is 2.08. The van der Waals surface area contributed by atoms with Crippen LogP contribution < -0.4 is 0 Å². The van der Waals surface area contributed by atoms with E-state index in [-0.39, 0.29) is 18.4 Å². The first kappa shape index (κ1) is 13.6. The van der Waals surface area contributed by atoms with Crippen molar-refractivity contribution in [3.8, 4) is 0 Å². The first-order chi connectivity index (χ1) is 8.24. The van der Waals surface area contributed by atoms with E-state index in [1.807, 2.05) is 6.92 Å². The Balaban J connectivity index is 2.22. The number of hydrogen-bond donors (Lipinski definition) is 0. The molecule has 0 unspecified atom stereocenters. The highest BCUT2D eigenvalue weighted by Gasteiger charge is 2.05. The van der Waals surface area contributed by atoms with Gasteiger partial charge in [-0.3, -0.25) is 4.79 Å². The highest BCUT2D eigenvalue weighted by molar-refractivity contribution is 5.69. The second-order valence-electron chi connectivity index (χ2n) is 3.55. The summed E-state index contributed by atoms with van der Waals surface area (Å²) in [4.78, 5) is 11.3. The van der Waals surface area contributed by atoms with Crippen molar-refractivity contribution in [1.82, 2.24) is 0 Å². The van der Waals surface area contributed by atoms with Gasteiger partial charge in [0.2, 0.25) is 0 Å². The van der Waals surface area contributed by atoms with E-state index >= 15 is 0 Å². The smallest absolute Gasteiger partial charge is 0.306 e. The third-order valence-corrected chi connectivity index (χ3v) is 2.22. The van der Waals surface area contributed by atoms with Crippen molar-refractivity contribution in [2.24, 2.45) is 0 Å². The Kier molecular flexibility index (Phi) is 6.25. The van der Waals surface area contributed by atoms with Gasteiger partial charge in [-0.15, -0.1) is 0 Å². The van der Waals surface area contributed by atoms with Crippen LogP contribution in [0.25, 0.3) is 0 Å². The Morgan fingerprint density at radius 1 is 1.35 bits per heavy atom. The van der Waals surface area contributed by atoms with E-state index in [9.17, 15) is 9.18 Å². The minimum Gasteiger partial charge on any atom is -0.461 e. The van der Waals surface area contributed by atoms with Crippen LogP contribution in [0.5, 0.6) is 0 Å². The third kappa shape index (κ3) is 5.45. The number of halogens is 1. The predicted molar refractivity (Wildman–Crippen MR) is 61.9 cm³/mol. The molecule has 0 heterocycles. The summed E-state index contributed by atoms with van der Waals surface area (Å²) in [6.07, 6.45) is 0.929. The maximum absolute atomic E-state index is 13.2. The molecule has 0 bridgehead atoms. The molecule has 0 saturated heterocycles. The molecule has 3 nitrogen and oxygen atoms in total. The Bertz CT molecular complexity index is 352. The molecule has 4 heteroatoms. The molecule has 0 spiro atoms. The van der Waals surface area contributed by atoms with Gasteiger partial charge in [0, 0.05) is 25.2 Å². The molecule has 0 fully saturated rings. The van der Waals surface area contributed by atoms with E-state index in [1.165, 1.54) is 6.07 Å². The molecular weight excluding hydrogens is 223 g/mol. The van der Waals surface area contributed by atoms with Gasteiger partial charge >= 0.3 is 5.97 Å². The van der Waals surface area contributed by atoms with Crippen LogP contribution in [-0.2, 0) is 20.9 Å². The molecule has 0 N–H and O–H groups in total. The van der Waals surface area contributed by atoms with Crippen molar-refractivity contribution < 1.29 is 18.7 Å². The van der Waals surface area contributed by atoms with Gasteiger partial charge in [-0.25, -0.2) is 4.39 Å². The molecular formula is C13H17FO3. The zero-order chi connectivity index (χ0) is 12.5. The Hall–Kier alpha value is -1.42. The van der Waals surface area contributed by atoms with Crippen molar-refractivity contribution in [2.75, 3.05) is 13.2 Å². The summed E-state index contributed by atoms with van der Waals surface area (Å²) in [5.74, 6) is -0.678. The number of esters is 1. The molecule has 0 aromatic heterocycles. The van der Waals surface area contributed by atoms with Gasteiger partial charge in [0.05, 0.1) is 0 Å². The maximum Gasteiger partial charge on any atom is 0.306 e. The van der Waals surface area contributed by atoms with Crippen molar-refractivity contribution in [3.63, 3.8) is 0 Å². The number of benzene rings is 1. The van der Waals surface area contributed by atoms with E-state index in [1.54, 1.807) is 18.2 Å². The lowest BCUT2D eigenvalue weighted by Gasteiger charge is -2.05. The van der Waals surface area contributed by atoms with E-state index < -0.39 is 0 Å². The average Bonchev–Trinajstić information content (AvgIpc) is 2.34. The van der Waals surface area contributed by atoms with Crippen LogP contribution in [0.3, 0.4) is 0 Å². The fourth-order valence-electron chi connectivity index (χ4n) is 1.31. The molecule has 0 aliphatic heterocycles. The predicted octanol–water partition coefficient (Wildman–Crippen LogP) is 2.69. The van der Waals surface area contributed by atoms with Crippen molar-refractivity contribution in [3.05, 3.63) is 35.6 Å². The molecule has 0 aliphatic rings. The lowest BCUT2D eigenvalue weighted by Crippen LogP contribution is -2.07. The van der Waals surface area contributed by atoms with E-state index in [2.05, 4.69) is 0 Å². The summed E-state index contributed by atoms with van der Waals surface area (Å²) in [5.41, 5.74) is 0.394. The number of rotatable bonds is 7. The minimum atomic E-state index is -0.352. The average molecular weight is 240 g/mol. The standard InChI is InChI=1S/C13H17FO3/c1-2-16-9-5-8-13(15)17-10-11-6-3-4-7-12(11)14/h3-4,6-7H,2,5,8-10H2,1H3. The zero-order valence-corrected chi connectivity index (χ0v) is 9.95. The SMILES string of the molecule is CCOCCCC(=O)OCc1ccccc1F. The van der Waals surface area contributed by atoms with Crippen LogP contribution in [0.15, 0.2) is 24.3 Å². The number of carbonyl (C=O) groups excluding carboxylic acids is 1. The number of ether oxygens (including phenoxy) is 2. The number of carbonyl (C=O) groups is 1. The summed E-state index contributed by atoms with van der Waals surface area (Å²) in [6, 6.07) is 6.26. The zero-order valence-electron chi connectivity index (χ0n) is 9.95. The van der Waals surface area contributed by atoms with Gasteiger partial charge in [0.15, 0.2) is 0 Å². The van der Waals surface area contributed by atoms with Gasteiger partial charge in [0.25, 0.3) is 0 Å². The highest BCUT2D eigenvalue weighted by atomic mass is 19.1. The quantitative estimate of drug-likeness (QED) is 0.543. The largest absolute Gasteiger partial charge is 0.461 e. The van der Waals surface area contributed by atoms with Crippen LogP contribution in [-0.4, -0.2) is 19.2 Å². The molecule has 1 aromatic carbocycles. The molecule has 0 saturated carbocycles. The first-order valence-corrected chi connectivity index (χ1v) is 5.70. The van der Waals surface area contributed by atoms with E-state index in [0.717, 1.165) is 0 Å². The third-order valence-electron chi connectivity index (χ3n) is 2.22. The van der Waals surface area contributed by atoms with Crippen LogP contribution >= 0.6 is 0 Å². The Labute approximate surface area is 101 Å². The van der Waals surface area contributed by atoms with Gasteiger partial charge in [-0.2, -0.15) is 0 Å². The molecule has 1 rings (SSSR count). The van der Waals surface area contributed by atoms with Crippen LogP contribution in [0.1, 0.15) is 25.3 Å². The lowest BCUT2D eigenvalue weighted by molar-refractivity contribution is -0.145. The van der Waals surface area contributed by atoms with Crippen LogP contribution in [0.4, 0.5) is 4.39 Å². The van der Waals surface area contributed by atoms with Crippen LogP contribution in [0.2, 0.25) is 0 Å². The summed E-state index contributed by atoms with van der Waals surface area (Å²) >= 11 is 0. The van der Waals surface area contributed by atoms with Gasteiger partial charge < -0.3 is 9.47 Å². The fraction of sp³-hybridized carbons (Fsp3) is 0.462. The summed E-state index contributed by atoms with van der Waals surface area (Å²) in [6.45, 7) is 3.08. The molecule has 94 valence electrons. The fourth-order valence-corrected chi connectivity index (χ4v) is 1.31. The first-order valence-electron chi connectivity index (χ1n) is 5.70. The van der Waals surface area contributed by atoms with Crippen molar-refractivity contribution in [1.29, 1.82) is 0 Å². The van der Waals surface area contributed by atoms with Crippen molar-refractivity contribution in [2.45, 2.75) is 26.4 Å². The van der Waals surface area contributed by atoms with Crippen molar-refractivity contribution >= 4 is 5.97 Å². The van der Waals surface area contributed by atoms with E-state index in [4.69, 9.17) is 9.47 Å². The van der Waals surface area contributed by atoms with E-state index in [0.29, 0.717) is 31.6 Å². The van der Waals surface area contributed by atoms with Gasteiger partial charge in [0.1, 0.15) is 12.4 Å². The lowest BCUT2D eigenvalue weighted by atomic mass is 10.2. The molecule has 1 aromatic rings. The summed E-state index contributed by atoms with van der Waals surface area (Å²) in [7, 11) is 0. The van der Waals surface area contributed by atoms with Gasteiger partial charge in [-0.1, -0.05) is 18.2 Å². The second-order valence-corrected chi connectivity index (χ2v) is 3.55. The summed E-state index contributed by atoms with van der Waals surface area (Å²) < 4.78 is 23.2. The second kappa shape index (κ2) is 7.79. The molecule has 0 atom stereocenters. The molecule has 0 aliphatic carbocycles. The topological polar surface area (TPSA) is 35.5 Å². The molecule has 17 heavy (non-hydrogen) atoms. The monoisotopic (exact) mass is 240 g/mol. The summed E-state index contributed by atoms with van der Waals surface area (Å²) in [5, 5.41) is 0. The maximum atomic E-state index is 13.2. The minimum absolute atomic E-state index is 0.0137.